The Bertz CT molecular complexity index is 754. The van der Waals surface area contributed by atoms with Crippen molar-refractivity contribution in [3.63, 3.8) is 0 Å². The van der Waals surface area contributed by atoms with Gasteiger partial charge in [0, 0.05) is 11.1 Å². The molecule has 0 saturated heterocycles. The van der Waals surface area contributed by atoms with Crippen molar-refractivity contribution in [2.24, 2.45) is 5.41 Å². The third kappa shape index (κ3) is 4.63. The third-order valence-electron chi connectivity index (χ3n) is 3.87. The minimum Gasteiger partial charge on any atom is -0.497 e. The zero-order valence-corrected chi connectivity index (χ0v) is 15.7. The fourth-order valence-electron chi connectivity index (χ4n) is 2.24. The van der Waals surface area contributed by atoms with Crippen molar-refractivity contribution in [3.8, 4) is 11.5 Å². The van der Waals surface area contributed by atoms with Gasteiger partial charge in [-0.2, -0.15) is 0 Å². The summed E-state index contributed by atoms with van der Waals surface area (Å²) in [5, 5.41) is 0. The first-order valence-electron chi connectivity index (χ1n) is 8.29. The van der Waals surface area contributed by atoms with Gasteiger partial charge >= 0.3 is 5.97 Å². The van der Waals surface area contributed by atoms with E-state index in [1.807, 2.05) is 0 Å². The molecule has 0 aliphatic carbocycles. The molecule has 0 aliphatic heterocycles. The van der Waals surface area contributed by atoms with Crippen LogP contribution in [0.15, 0.2) is 48.5 Å². The van der Waals surface area contributed by atoms with Crippen LogP contribution in [-0.2, 0) is 9.53 Å². The van der Waals surface area contributed by atoms with Gasteiger partial charge in [-0.1, -0.05) is 12.1 Å². The minimum atomic E-state index is -1.03. The Morgan fingerprint density at radius 1 is 0.808 bits per heavy atom. The van der Waals surface area contributed by atoms with Crippen LogP contribution in [0.3, 0.4) is 0 Å². The van der Waals surface area contributed by atoms with Crippen LogP contribution in [0.4, 0.5) is 0 Å². The highest BCUT2D eigenvalue weighted by Crippen LogP contribution is 2.28. The monoisotopic (exact) mass is 356 g/mol. The molecule has 2 rings (SSSR count). The maximum Gasteiger partial charge on any atom is 0.312 e. The predicted octanol–water partition coefficient (Wildman–Crippen LogP) is 4.22. The average molecular weight is 356 g/mol. The quantitative estimate of drug-likeness (QED) is 0.573. The summed E-state index contributed by atoms with van der Waals surface area (Å²) in [6.45, 7) is 5.24. The minimum absolute atomic E-state index is 0.296. The van der Waals surface area contributed by atoms with E-state index in [0.29, 0.717) is 22.6 Å². The fraction of sp³-hybridized carbons (Fsp3) is 0.333. The van der Waals surface area contributed by atoms with Crippen molar-refractivity contribution in [2.75, 3.05) is 14.2 Å². The van der Waals surface area contributed by atoms with Crippen LogP contribution in [0, 0.1) is 5.41 Å². The molecule has 0 aliphatic rings. The first-order valence-corrected chi connectivity index (χ1v) is 8.29. The number of esters is 1. The first-order chi connectivity index (χ1) is 12.3. The van der Waals surface area contributed by atoms with Gasteiger partial charge in [-0.05, 0) is 57.2 Å². The number of Topliss-reactive ketones (excluding diaryl/α,β-unsaturated/α-hetero) is 1. The molecule has 0 N–H and O–H groups in total. The second kappa shape index (κ2) is 8.04. The molecule has 1 unspecified atom stereocenters. The SMILES string of the molecule is COc1ccc(C(=O)C(OC(=O)C(C)(C)C)c2ccc(OC)cc2)cc1. The Balaban J connectivity index is 2.37. The molecule has 1 atom stereocenters. The molecule has 0 fully saturated rings. The molecular formula is C21H24O5. The molecule has 0 aromatic heterocycles. The highest BCUT2D eigenvalue weighted by Gasteiger charge is 2.31. The predicted molar refractivity (Wildman–Crippen MR) is 98.6 cm³/mol. The van der Waals surface area contributed by atoms with Gasteiger partial charge < -0.3 is 14.2 Å². The largest absolute Gasteiger partial charge is 0.497 e. The molecule has 2 aromatic carbocycles. The Labute approximate surface area is 153 Å². The second-order valence-electron chi connectivity index (χ2n) is 6.90. The molecule has 0 radical (unpaired) electrons. The number of methoxy groups -OCH3 is 2. The van der Waals surface area contributed by atoms with E-state index in [4.69, 9.17) is 14.2 Å². The van der Waals surface area contributed by atoms with Gasteiger partial charge in [0.15, 0.2) is 6.10 Å². The van der Waals surface area contributed by atoms with E-state index in [9.17, 15) is 9.59 Å². The van der Waals surface area contributed by atoms with Crippen molar-refractivity contribution in [1.82, 2.24) is 0 Å². The number of rotatable bonds is 6. The molecule has 5 nitrogen and oxygen atoms in total. The lowest BCUT2D eigenvalue weighted by atomic mass is 9.95. The number of carbonyl (C=O) groups excluding carboxylic acids is 2. The van der Waals surface area contributed by atoms with Gasteiger partial charge in [0.1, 0.15) is 11.5 Å². The van der Waals surface area contributed by atoms with Gasteiger partial charge in [-0.3, -0.25) is 9.59 Å². The lowest BCUT2D eigenvalue weighted by molar-refractivity contribution is -0.156. The van der Waals surface area contributed by atoms with E-state index in [1.54, 1.807) is 83.5 Å². The second-order valence-corrected chi connectivity index (χ2v) is 6.90. The molecule has 26 heavy (non-hydrogen) atoms. The van der Waals surface area contributed by atoms with Crippen LogP contribution in [-0.4, -0.2) is 26.0 Å². The highest BCUT2D eigenvalue weighted by atomic mass is 16.5. The fourth-order valence-corrected chi connectivity index (χ4v) is 2.24. The molecule has 0 spiro atoms. The lowest BCUT2D eigenvalue weighted by Crippen LogP contribution is -2.28. The maximum atomic E-state index is 13.0. The normalized spacial score (nSPS) is 12.2. The molecular weight excluding hydrogens is 332 g/mol. The number of ketones is 1. The van der Waals surface area contributed by atoms with E-state index < -0.39 is 17.5 Å². The van der Waals surface area contributed by atoms with Crippen molar-refractivity contribution in [1.29, 1.82) is 0 Å². The van der Waals surface area contributed by atoms with Gasteiger partial charge in [0.2, 0.25) is 5.78 Å². The standard InChI is InChI=1S/C21H24O5/c1-21(2,3)20(23)26-19(15-8-12-17(25-5)13-9-15)18(22)14-6-10-16(24-4)11-7-14/h6-13,19H,1-5H3. The average Bonchev–Trinajstić information content (AvgIpc) is 2.64. The van der Waals surface area contributed by atoms with Crippen molar-refractivity contribution in [2.45, 2.75) is 26.9 Å². The third-order valence-corrected chi connectivity index (χ3v) is 3.87. The van der Waals surface area contributed by atoms with Gasteiger partial charge in [0.05, 0.1) is 19.6 Å². The Morgan fingerprint density at radius 3 is 1.69 bits per heavy atom. The summed E-state index contributed by atoms with van der Waals surface area (Å²) in [6, 6.07) is 13.6. The molecule has 0 heterocycles. The summed E-state index contributed by atoms with van der Waals surface area (Å²) in [5.41, 5.74) is 0.308. The molecule has 0 amide bonds. The van der Waals surface area contributed by atoms with Crippen LogP contribution in [0.2, 0.25) is 0 Å². The number of hydrogen-bond donors (Lipinski definition) is 0. The Morgan fingerprint density at radius 2 is 1.27 bits per heavy atom. The van der Waals surface area contributed by atoms with E-state index >= 15 is 0 Å². The summed E-state index contributed by atoms with van der Waals surface area (Å²) in [5.74, 6) is 0.566. The van der Waals surface area contributed by atoms with Crippen LogP contribution >= 0.6 is 0 Å². The number of ether oxygens (including phenoxy) is 3. The van der Waals surface area contributed by atoms with Crippen molar-refractivity contribution >= 4 is 11.8 Å². The molecule has 0 bridgehead atoms. The highest BCUT2D eigenvalue weighted by molar-refractivity contribution is 6.01. The van der Waals surface area contributed by atoms with Gasteiger partial charge in [-0.15, -0.1) is 0 Å². The van der Waals surface area contributed by atoms with Gasteiger partial charge in [0.25, 0.3) is 0 Å². The topological polar surface area (TPSA) is 61.8 Å². The Kier molecular flexibility index (Phi) is 6.03. The lowest BCUT2D eigenvalue weighted by Gasteiger charge is -2.23. The zero-order valence-electron chi connectivity index (χ0n) is 15.7. The molecule has 0 saturated carbocycles. The summed E-state index contributed by atoms with van der Waals surface area (Å²) in [6.07, 6.45) is -1.03. The number of benzene rings is 2. The van der Waals surface area contributed by atoms with Crippen molar-refractivity contribution < 1.29 is 23.8 Å². The van der Waals surface area contributed by atoms with E-state index in [1.165, 1.54) is 0 Å². The van der Waals surface area contributed by atoms with E-state index in [0.717, 1.165) is 0 Å². The van der Waals surface area contributed by atoms with Crippen LogP contribution in [0.25, 0.3) is 0 Å². The van der Waals surface area contributed by atoms with Crippen LogP contribution in [0.1, 0.15) is 42.8 Å². The first kappa shape index (κ1) is 19.5. The van der Waals surface area contributed by atoms with E-state index in [2.05, 4.69) is 0 Å². The number of hydrogen-bond acceptors (Lipinski definition) is 5. The molecule has 2 aromatic rings. The van der Waals surface area contributed by atoms with Crippen molar-refractivity contribution in [3.05, 3.63) is 59.7 Å². The smallest absolute Gasteiger partial charge is 0.312 e. The summed E-state index contributed by atoms with van der Waals surface area (Å²) in [4.78, 5) is 25.4. The summed E-state index contributed by atoms with van der Waals surface area (Å²) < 4.78 is 15.9. The maximum absolute atomic E-state index is 13.0. The van der Waals surface area contributed by atoms with Crippen LogP contribution < -0.4 is 9.47 Å². The molecule has 138 valence electrons. The van der Waals surface area contributed by atoms with E-state index in [-0.39, 0.29) is 5.78 Å². The van der Waals surface area contributed by atoms with Gasteiger partial charge in [-0.25, -0.2) is 0 Å². The Hall–Kier alpha value is -2.82. The number of carbonyl (C=O) groups is 2. The summed E-state index contributed by atoms with van der Waals surface area (Å²) >= 11 is 0. The molecule has 5 heteroatoms. The van der Waals surface area contributed by atoms with Crippen LogP contribution in [0.5, 0.6) is 11.5 Å². The zero-order chi connectivity index (χ0) is 19.3. The summed E-state index contributed by atoms with van der Waals surface area (Å²) in [7, 11) is 3.12.